The highest BCUT2D eigenvalue weighted by atomic mass is 19.2. The summed E-state index contributed by atoms with van der Waals surface area (Å²) >= 11 is 0. The summed E-state index contributed by atoms with van der Waals surface area (Å²) in [5.74, 6) is -4.57. The predicted octanol–water partition coefficient (Wildman–Crippen LogP) is 4.89. The quantitative estimate of drug-likeness (QED) is 0.375. The largest absolute Gasteiger partial charge is 0.394 e. The summed E-state index contributed by atoms with van der Waals surface area (Å²) in [6, 6.07) is 13.7. The van der Waals surface area contributed by atoms with Crippen molar-refractivity contribution in [1.82, 2.24) is 10.3 Å². The van der Waals surface area contributed by atoms with Crippen LogP contribution < -0.4 is 5.32 Å². The minimum atomic E-state index is -1.54. The van der Waals surface area contributed by atoms with Crippen molar-refractivity contribution in [3.05, 3.63) is 94.9 Å². The number of halogens is 3. The number of hydrogen-bond donors (Lipinski definition) is 3. The number of nitrogens with one attached hydrogen (secondary N) is 2. The van der Waals surface area contributed by atoms with Crippen LogP contribution in [0.15, 0.2) is 60.8 Å². The van der Waals surface area contributed by atoms with Gasteiger partial charge in [0.2, 0.25) is 0 Å². The normalized spacial score (nSPS) is 12.2. The number of H-pyrrole nitrogens is 1. The highest BCUT2D eigenvalue weighted by Gasteiger charge is 2.18. The van der Waals surface area contributed by atoms with Gasteiger partial charge in [0.15, 0.2) is 17.5 Å². The maximum absolute atomic E-state index is 13.7. The Labute approximate surface area is 182 Å². The van der Waals surface area contributed by atoms with Gasteiger partial charge in [-0.1, -0.05) is 24.3 Å². The van der Waals surface area contributed by atoms with E-state index in [1.54, 1.807) is 19.1 Å². The van der Waals surface area contributed by atoms with Gasteiger partial charge in [-0.15, -0.1) is 0 Å². The first kappa shape index (κ1) is 21.6. The van der Waals surface area contributed by atoms with Crippen molar-refractivity contribution in [2.45, 2.75) is 19.4 Å². The summed E-state index contributed by atoms with van der Waals surface area (Å²) in [4.78, 5) is 16.0. The van der Waals surface area contributed by atoms with Crippen LogP contribution in [-0.4, -0.2) is 28.6 Å². The number of aromatic nitrogens is 1. The molecule has 1 aromatic heterocycles. The molecule has 4 aromatic rings. The van der Waals surface area contributed by atoms with Gasteiger partial charge >= 0.3 is 0 Å². The van der Waals surface area contributed by atoms with Crippen LogP contribution in [-0.2, 0) is 6.42 Å². The van der Waals surface area contributed by atoms with Crippen LogP contribution in [0.4, 0.5) is 13.2 Å². The molecule has 0 aliphatic carbocycles. The van der Waals surface area contributed by atoms with Crippen LogP contribution in [0.2, 0.25) is 0 Å². The summed E-state index contributed by atoms with van der Waals surface area (Å²) in [6.07, 6.45) is 2.26. The molecule has 0 unspecified atom stereocenters. The van der Waals surface area contributed by atoms with Crippen molar-refractivity contribution in [1.29, 1.82) is 0 Å². The summed E-state index contributed by atoms with van der Waals surface area (Å²) < 4.78 is 40.7. The van der Waals surface area contributed by atoms with Crippen molar-refractivity contribution >= 4 is 16.8 Å². The molecule has 4 nitrogen and oxygen atoms in total. The predicted molar refractivity (Wildman–Crippen MR) is 117 cm³/mol. The Hall–Kier alpha value is -3.58. The monoisotopic (exact) mass is 438 g/mol. The van der Waals surface area contributed by atoms with E-state index in [2.05, 4.69) is 10.3 Å². The number of rotatable bonds is 6. The number of carbonyl (C=O) groups excluding carboxylic acids is 1. The number of fused-ring (bicyclic) bond motifs is 1. The Morgan fingerprint density at radius 3 is 2.50 bits per heavy atom. The first-order chi connectivity index (χ1) is 15.4. The van der Waals surface area contributed by atoms with E-state index in [-0.39, 0.29) is 17.7 Å². The van der Waals surface area contributed by atoms with E-state index in [0.717, 1.165) is 28.6 Å². The zero-order valence-corrected chi connectivity index (χ0v) is 17.3. The van der Waals surface area contributed by atoms with Crippen molar-refractivity contribution in [2.75, 3.05) is 6.61 Å². The molecular weight excluding hydrogens is 417 g/mol. The molecule has 0 spiro atoms. The molecule has 0 saturated heterocycles. The van der Waals surface area contributed by atoms with Gasteiger partial charge in [0.25, 0.3) is 5.91 Å². The molecule has 3 N–H and O–H groups in total. The fraction of sp³-hybridized carbons (Fsp3) is 0.160. The molecule has 1 amide bonds. The van der Waals surface area contributed by atoms with Gasteiger partial charge in [-0.2, -0.15) is 0 Å². The smallest absolute Gasteiger partial charge is 0.251 e. The van der Waals surface area contributed by atoms with E-state index in [1.165, 1.54) is 6.07 Å². The Bertz CT molecular complexity index is 1280. The van der Waals surface area contributed by atoms with Gasteiger partial charge in [0, 0.05) is 22.7 Å². The van der Waals surface area contributed by atoms with Gasteiger partial charge < -0.3 is 15.4 Å². The highest BCUT2D eigenvalue weighted by molar-refractivity contribution is 5.96. The molecule has 0 aliphatic rings. The van der Waals surface area contributed by atoms with Gasteiger partial charge in [-0.3, -0.25) is 4.79 Å². The van der Waals surface area contributed by atoms with Crippen LogP contribution >= 0.6 is 0 Å². The van der Waals surface area contributed by atoms with Crippen molar-refractivity contribution < 1.29 is 23.1 Å². The van der Waals surface area contributed by atoms with E-state index >= 15 is 0 Å². The van der Waals surface area contributed by atoms with Gasteiger partial charge in [0.1, 0.15) is 0 Å². The SMILES string of the molecule is Cc1ccc(C(=O)N[C@@H](CO)Cc2c[nH]c3ccccc23)cc1-c1cc(F)c(F)c(F)c1. The van der Waals surface area contributed by atoms with E-state index in [4.69, 9.17) is 0 Å². The number of amides is 1. The lowest BCUT2D eigenvalue weighted by molar-refractivity contribution is 0.0916. The van der Waals surface area contributed by atoms with E-state index in [9.17, 15) is 23.1 Å². The Morgan fingerprint density at radius 1 is 1.06 bits per heavy atom. The van der Waals surface area contributed by atoms with Crippen LogP contribution in [0.25, 0.3) is 22.0 Å². The van der Waals surface area contributed by atoms with E-state index in [1.807, 2.05) is 30.5 Å². The first-order valence-electron chi connectivity index (χ1n) is 10.1. The average molecular weight is 438 g/mol. The second-order valence-electron chi connectivity index (χ2n) is 7.70. The zero-order chi connectivity index (χ0) is 22.8. The van der Waals surface area contributed by atoms with Crippen LogP contribution in [0.3, 0.4) is 0 Å². The second-order valence-corrected chi connectivity index (χ2v) is 7.70. The van der Waals surface area contributed by atoms with Crippen LogP contribution in [0.1, 0.15) is 21.5 Å². The minimum Gasteiger partial charge on any atom is -0.394 e. The number of aryl methyl sites for hydroxylation is 1. The topological polar surface area (TPSA) is 65.1 Å². The standard InChI is InChI=1S/C25H21F3N2O2/c1-14-6-7-15(9-20(14)16-10-21(26)24(28)22(27)11-16)25(32)30-18(13-31)8-17-12-29-23-5-3-2-4-19(17)23/h2-7,9-12,18,29,31H,8,13H2,1H3,(H,30,32)/t18-/m1/s1. The van der Waals surface area contributed by atoms with Gasteiger partial charge in [0.05, 0.1) is 12.6 Å². The lowest BCUT2D eigenvalue weighted by Crippen LogP contribution is -2.39. The summed E-state index contributed by atoms with van der Waals surface area (Å²) in [6.45, 7) is 1.46. The fourth-order valence-corrected chi connectivity index (χ4v) is 3.78. The third-order valence-electron chi connectivity index (χ3n) is 5.49. The molecule has 32 heavy (non-hydrogen) atoms. The number of benzene rings is 3. The summed E-state index contributed by atoms with van der Waals surface area (Å²) in [5, 5.41) is 13.6. The summed E-state index contributed by atoms with van der Waals surface area (Å²) in [7, 11) is 0. The van der Waals surface area contributed by atoms with Crippen molar-refractivity contribution in [3.8, 4) is 11.1 Å². The molecular formula is C25H21F3N2O2. The van der Waals surface area contributed by atoms with Gasteiger partial charge in [-0.25, -0.2) is 13.2 Å². The zero-order valence-electron chi connectivity index (χ0n) is 17.3. The number of hydrogen-bond acceptors (Lipinski definition) is 2. The van der Waals surface area contributed by atoms with Crippen molar-refractivity contribution in [2.24, 2.45) is 0 Å². The molecule has 164 valence electrons. The molecule has 1 atom stereocenters. The molecule has 1 heterocycles. The van der Waals surface area contributed by atoms with Crippen LogP contribution in [0.5, 0.6) is 0 Å². The second kappa shape index (κ2) is 8.88. The molecule has 0 fully saturated rings. The molecule has 0 radical (unpaired) electrons. The maximum atomic E-state index is 13.7. The third-order valence-corrected chi connectivity index (χ3v) is 5.49. The van der Waals surface area contributed by atoms with E-state index < -0.39 is 29.4 Å². The van der Waals surface area contributed by atoms with E-state index in [0.29, 0.717) is 17.5 Å². The highest BCUT2D eigenvalue weighted by Crippen LogP contribution is 2.28. The molecule has 0 bridgehead atoms. The fourth-order valence-electron chi connectivity index (χ4n) is 3.78. The molecule has 3 aromatic carbocycles. The summed E-state index contributed by atoms with van der Waals surface area (Å²) in [5.41, 5.74) is 3.39. The van der Waals surface area contributed by atoms with Crippen molar-refractivity contribution in [3.63, 3.8) is 0 Å². The molecule has 0 saturated carbocycles. The number of aliphatic hydroxyl groups excluding tert-OH is 1. The molecule has 4 rings (SSSR count). The molecule has 0 aliphatic heterocycles. The number of aliphatic hydroxyl groups is 1. The maximum Gasteiger partial charge on any atom is 0.251 e. The third kappa shape index (κ3) is 4.24. The lowest BCUT2D eigenvalue weighted by atomic mass is 9.97. The average Bonchev–Trinajstić information content (AvgIpc) is 3.19. The van der Waals surface area contributed by atoms with Crippen LogP contribution in [0, 0.1) is 24.4 Å². The number of para-hydroxylation sites is 1. The van der Waals surface area contributed by atoms with Gasteiger partial charge in [-0.05, 0) is 65.9 Å². The lowest BCUT2D eigenvalue weighted by Gasteiger charge is -2.17. The first-order valence-corrected chi connectivity index (χ1v) is 10.1. The number of aromatic amines is 1. The minimum absolute atomic E-state index is 0.131. The Morgan fingerprint density at radius 2 is 1.78 bits per heavy atom. The Balaban J connectivity index is 1.57. The Kier molecular flexibility index (Phi) is 6.01. The molecule has 7 heteroatoms. The number of carbonyl (C=O) groups is 1.